The summed E-state index contributed by atoms with van der Waals surface area (Å²) in [5, 5.41) is 6.67. The Kier molecular flexibility index (Phi) is 7.53. The van der Waals surface area contributed by atoms with E-state index in [9.17, 15) is 14.4 Å². The molecule has 146 valence electrons. The van der Waals surface area contributed by atoms with Gasteiger partial charge in [0.25, 0.3) is 5.91 Å². The minimum Gasteiger partial charge on any atom is -0.483 e. The van der Waals surface area contributed by atoms with Gasteiger partial charge in [0.1, 0.15) is 5.75 Å². The van der Waals surface area contributed by atoms with E-state index in [1.54, 1.807) is 18.2 Å². The van der Waals surface area contributed by atoms with Crippen molar-refractivity contribution >= 4 is 41.2 Å². The number of para-hydroxylation sites is 1. The zero-order chi connectivity index (χ0) is 20.5. The highest BCUT2D eigenvalue weighted by molar-refractivity contribution is 6.39. The van der Waals surface area contributed by atoms with E-state index in [0.717, 1.165) is 5.56 Å². The van der Waals surface area contributed by atoms with Crippen molar-refractivity contribution in [2.45, 2.75) is 13.3 Å². The minimum absolute atomic E-state index is 0.294. The first-order chi connectivity index (χ1) is 13.4. The maximum atomic E-state index is 12.0. The van der Waals surface area contributed by atoms with Gasteiger partial charge in [-0.1, -0.05) is 36.7 Å². The Morgan fingerprint density at radius 1 is 1.18 bits per heavy atom. The van der Waals surface area contributed by atoms with E-state index in [2.05, 4.69) is 15.8 Å². The number of nitrogens with one attached hydrogen (secondary N) is 2. The molecule has 0 atom stereocenters. The summed E-state index contributed by atoms with van der Waals surface area (Å²) < 4.78 is 5.25. The number of ether oxygens (including phenoxy) is 1. The molecule has 0 bridgehead atoms. The van der Waals surface area contributed by atoms with Crippen molar-refractivity contribution in [1.82, 2.24) is 5.43 Å². The van der Waals surface area contributed by atoms with Gasteiger partial charge in [-0.3, -0.25) is 14.4 Å². The van der Waals surface area contributed by atoms with E-state index >= 15 is 0 Å². The molecule has 2 aromatic rings. The molecule has 0 radical (unpaired) electrons. The highest BCUT2D eigenvalue weighted by Gasteiger charge is 2.14. The molecule has 8 nitrogen and oxygen atoms in total. The van der Waals surface area contributed by atoms with Gasteiger partial charge in [0.2, 0.25) is 0 Å². The molecule has 2 rings (SSSR count). The van der Waals surface area contributed by atoms with Gasteiger partial charge in [-0.25, -0.2) is 5.43 Å². The number of benzene rings is 2. The van der Waals surface area contributed by atoms with Crippen LogP contribution in [0.5, 0.6) is 5.75 Å². The van der Waals surface area contributed by atoms with Gasteiger partial charge < -0.3 is 15.8 Å². The highest BCUT2D eigenvalue weighted by atomic mass is 35.5. The topological polar surface area (TPSA) is 123 Å². The lowest BCUT2D eigenvalue weighted by molar-refractivity contribution is -0.136. The van der Waals surface area contributed by atoms with Crippen molar-refractivity contribution in [3.63, 3.8) is 0 Å². The summed E-state index contributed by atoms with van der Waals surface area (Å²) in [6, 6.07) is 11.8. The van der Waals surface area contributed by atoms with Crippen molar-refractivity contribution in [1.29, 1.82) is 0 Å². The molecule has 3 amide bonds. The van der Waals surface area contributed by atoms with E-state index in [0.29, 0.717) is 28.4 Å². The van der Waals surface area contributed by atoms with Crippen LogP contribution in [-0.4, -0.2) is 30.5 Å². The van der Waals surface area contributed by atoms with Crippen LogP contribution in [-0.2, 0) is 20.8 Å². The molecule has 0 saturated heterocycles. The Hall–Kier alpha value is -3.39. The molecule has 0 aromatic heterocycles. The predicted octanol–water partition coefficient (Wildman–Crippen LogP) is 1.86. The first-order valence-electron chi connectivity index (χ1n) is 8.33. The molecular weight excluding hydrogens is 384 g/mol. The van der Waals surface area contributed by atoms with Gasteiger partial charge in [0, 0.05) is 16.3 Å². The maximum absolute atomic E-state index is 12.0. The number of nitrogens with two attached hydrogens (primary N) is 1. The van der Waals surface area contributed by atoms with E-state index in [1.807, 2.05) is 19.1 Å². The molecule has 9 heteroatoms. The lowest BCUT2D eigenvalue weighted by Crippen LogP contribution is -2.32. The van der Waals surface area contributed by atoms with Crippen molar-refractivity contribution in [2.75, 3.05) is 11.9 Å². The molecule has 28 heavy (non-hydrogen) atoms. The molecule has 0 aliphatic heterocycles. The Bertz CT molecular complexity index is 915. The largest absolute Gasteiger partial charge is 0.483 e. The van der Waals surface area contributed by atoms with Crippen molar-refractivity contribution in [3.05, 3.63) is 58.6 Å². The standard InChI is InChI=1S/C19H19ClN4O4/c1-2-12-5-3-4-6-15(12)23-18(26)19(27)24-22-10-13-9-14(20)7-8-16(13)28-11-17(21)25/h3-10H,2,11H2,1H3,(H2,21,25)(H,23,26)(H,24,27)/b22-10-. The molecule has 0 heterocycles. The molecule has 0 saturated carbocycles. The number of carbonyl (C=O) groups is 3. The molecule has 0 spiro atoms. The summed E-state index contributed by atoms with van der Waals surface area (Å²) in [6.07, 6.45) is 1.95. The van der Waals surface area contributed by atoms with Crippen LogP contribution >= 0.6 is 11.6 Å². The number of amides is 3. The average Bonchev–Trinajstić information content (AvgIpc) is 2.67. The van der Waals surface area contributed by atoms with Crippen LogP contribution in [0.1, 0.15) is 18.1 Å². The Morgan fingerprint density at radius 3 is 2.64 bits per heavy atom. The Balaban J connectivity index is 2.01. The quantitative estimate of drug-likeness (QED) is 0.371. The highest BCUT2D eigenvalue weighted by Crippen LogP contribution is 2.21. The normalized spacial score (nSPS) is 10.5. The predicted molar refractivity (Wildman–Crippen MR) is 106 cm³/mol. The summed E-state index contributed by atoms with van der Waals surface area (Å²) in [7, 11) is 0. The van der Waals surface area contributed by atoms with Crippen LogP contribution in [0.4, 0.5) is 5.69 Å². The second-order valence-electron chi connectivity index (χ2n) is 5.60. The molecule has 0 fully saturated rings. The van der Waals surface area contributed by atoms with Gasteiger partial charge in [-0.15, -0.1) is 0 Å². The number of halogens is 1. The molecule has 0 aliphatic rings. The van der Waals surface area contributed by atoms with Crippen LogP contribution in [0.15, 0.2) is 47.6 Å². The van der Waals surface area contributed by atoms with Crippen LogP contribution in [0.25, 0.3) is 0 Å². The number of aryl methyl sites for hydroxylation is 1. The number of rotatable bonds is 7. The van der Waals surface area contributed by atoms with Gasteiger partial charge >= 0.3 is 11.8 Å². The van der Waals surface area contributed by atoms with E-state index in [1.165, 1.54) is 18.3 Å². The number of hydrogen-bond donors (Lipinski definition) is 3. The third kappa shape index (κ3) is 6.10. The first kappa shape index (κ1) is 20.9. The third-order valence-electron chi connectivity index (χ3n) is 3.56. The SMILES string of the molecule is CCc1ccccc1NC(=O)C(=O)N/N=C\c1cc(Cl)ccc1OCC(N)=O. The lowest BCUT2D eigenvalue weighted by atomic mass is 10.1. The van der Waals surface area contributed by atoms with E-state index in [-0.39, 0.29) is 6.61 Å². The van der Waals surface area contributed by atoms with Gasteiger partial charge in [0.05, 0.1) is 6.21 Å². The second kappa shape index (κ2) is 10.1. The van der Waals surface area contributed by atoms with Gasteiger partial charge in [0.15, 0.2) is 6.61 Å². The van der Waals surface area contributed by atoms with Crippen molar-refractivity contribution in [2.24, 2.45) is 10.8 Å². The van der Waals surface area contributed by atoms with Crippen LogP contribution in [0, 0.1) is 0 Å². The number of hydrazone groups is 1. The smallest absolute Gasteiger partial charge is 0.329 e. The fourth-order valence-electron chi connectivity index (χ4n) is 2.24. The van der Waals surface area contributed by atoms with Crippen molar-refractivity contribution in [3.8, 4) is 5.75 Å². The number of carbonyl (C=O) groups excluding carboxylic acids is 3. The molecule has 4 N–H and O–H groups in total. The number of hydrogen-bond acceptors (Lipinski definition) is 5. The third-order valence-corrected chi connectivity index (χ3v) is 3.80. The lowest BCUT2D eigenvalue weighted by Gasteiger charge is -2.09. The Labute approximate surface area is 166 Å². The summed E-state index contributed by atoms with van der Waals surface area (Å²) in [5.41, 5.74) is 9.04. The number of nitrogens with zero attached hydrogens (tertiary/aromatic N) is 1. The van der Waals surface area contributed by atoms with Crippen LogP contribution in [0.3, 0.4) is 0 Å². The summed E-state index contributed by atoms with van der Waals surface area (Å²) in [6.45, 7) is 1.62. The first-order valence-corrected chi connectivity index (χ1v) is 8.71. The minimum atomic E-state index is -0.941. The number of primary amides is 1. The zero-order valence-corrected chi connectivity index (χ0v) is 15.8. The second-order valence-corrected chi connectivity index (χ2v) is 6.04. The number of anilines is 1. The molecular formula is C19H19ClN4O4. The summed E-state index contributed by atoms with van der Waals surface area (Å²) in [4.78, 5) is 34.8. The van der Waals surface area contributed by atoms with E-state index in [4.69, 9.17) is 22.1 Å². The summed E-state index contributed by atoms with van der Waals surface area (Å²) >= 11 is 5.93. The fraction of sp³-hybridized carbons (Fsp3) is 0.158. The average molecular weight is 403 g/mol. The fourth-order valence-corrected chi connectivity index (χ4v) is 2.42. The van der Waals surface area contributed by atoms with Crippen LogP contribution in [0.2, 0.25) is 5.02 Å². The van der Waals surface area contributed by atoms with Crippen LogP contribution < -0.4 is 21.2 Å². The Morgan fingerprint density at radius 2 is 1.93 bits per heavy atom. The molecule has 0 unspecified atom stereocenters. The monoisotopic (exact) mass is 402 g/mol. The maximum Gasteiger partial charge on any atom is 0.329 e. The van der Waals surface area contributed by atoms with Crippen molar-refractivity contribution < 1.29 is 19.1 Å². The van der Waals surface area contributed by atoms with Gasteiger partial charge in [-0.2, -0.15) is 5.10 Å². The molecule has 2 aromatic carbocycles. The van der Waals surface area contributed by atoms with E-state index < -0.39 is 17.7 Å². The zero-order valence-electron chi connectivity index (χ0n) is 15.1. The van der Waals surface area contributed by atoms with Gasteiger partial charge in [-0.05, 0) is 36.2 Å². The summed E-state index contributed by atoms with van der Waals surface area (Å²) in [5.74, 6) is -2.14. The molecule has 0 aliphatic carbocycles.